The lowest BCUT2D eigenvalue weighted by Gasteiger charge is -2.36. The maximum atomic E-state index is 13.1. The Hall–Kier alpha value is -2.65. The van der Waals surface area contributed by atoms with Crippen LogP contribution in [0.15, 0.2) is 33.9 Å². The number of rotatable bonds is 4. The van der Waals surface area contributed by atoms with Crippen LogP contribution in [0, 0.1) is 5.92 Å². The Bertz CT molecular complexity index is 1210. The van der Waals surface area contributed by atoms with Gasteiger partial charge in [0.25, 0.3) is 11.5 Å². The smallest absolute Gasteiger partial charge is 0.328 e. The van der Waals surface area contributed by atoms with Gasteiger partial charge in [-0.3, -0.25) is 14.2 Å². The van der Waals surface area contributed by atoms with Gasteiger partial charge in [-0.15, -0.1) is 0 Å². The van der Waals surface area contributed by atoms with E-state index in [1.54, 1.807) is 4.90 Å². The molecule has 1 aliphatic heterocycles. The number of hydrogen-bond acceptors (Lipinski definition) is 6. The van der Waals surface area contributed by atoms with Crippen molar-refractivity contribution in [1.29, 1.82) is 0 Å². The number of fused-ring (bicyclic) bond motifs is 1. The molecule has 10 heteroatoms. The van der Waals surface area contributed by atoms with Gasteiger partial charge in [0.05, 0.1) is 5.52 Å². The van der Waals surface area contributed by atoms with Crippen molar-refractivity contribution in [3.05, 3.63) is 55.0 Å². The highest BCUT2D eigenvalue weighted by Crippen LogP contribution is 2.23. The quantitative estimate of drug-likeness (QED) is 0.663. The summed E-state index contributed by atoms with van der Waals surface area (Å²) < 4.78 is 5.32. The van der Waals surface area contributed by atoms with E-state index in [0.29, 0.717) is 42.6 Å². The monoisotopic (exact) mass is 447 g/mol. The number of aromatic amines is 1. The van der Waals surface area contributed by atoms with Crippen molar-refractivity contribution in [2.24, 2.45) is 5.92 Å². The fourth-order valence-electron chi connectivity index (χ4n) is 3.61. The lowest BCUT2D eigenvalue weighted by atomic mass is 10.2. The maximum absolute atomic E-state index is 13.1. The molecule has 2 aromatic heterocycles. The van der Waals surface area contributed by atoms with Gasteiger partial charge in [-0.25, -0.2) is 4.79 Å². The number of hydrogen-bond donors (Lipinski definition) is 1. The third-order valence-corrected chi connectivity index (χ3v) is 6.17. The first-order valence-corrected chi connectivity index (χ1v) is 10.9. The number of nitrogens with one attached hydrogen (secondary N) is 1. The SMILES string of the molecule is CC(C)Cn1c(=O)[nH]c2c(C(=O)N3CCN(c4cccc(Cl)c4)CC3)snc2c1=O. The fraction of sp³-hybridized carbons (Fsp3) is 0.400. The zero-order chi connectivity index (χ0) is 21.4. The summed E-state index contributed by atoms with van der Waals surface area (Å²) >= 11 is 7.04. The fourth-order valence-corrected chi connectivity index (χ4v) is 4.59. The van der Waals surface area contributed by atoms with Crippen LogP contribution in [0.4, 0.5) is 5.69 Å². The highest BCUT2D eigenvalue weighted by atomic mass is 35.5. The molecule has 1 aliphatic rings. The second kappa shape index (κ2) is 8.23. The molecule has 0 bridgehead atoms. The summed E-state index contributed by atoms with van der Waals surface area (Å²) in [6.07, 6.45) is 0. The normalized spacial score (nSPS) is 14.7. The Balaban J connectivity index is 1.56. The molecule has 0 saturated carbocycles. The lowest BCUT2D eigenvalue weighted by Crippen LogP contribution is -2.48. The van der Waals surface area contributed by atoms with E-state index in [4.69, 9.17) is 11.6 Å². The zero-order valence-electron chi connectivity index (χ0n) is 16.7. The average Bonchev–Trinajstić information content (AvgIpc) is 3.14. The van der Waals surface area contributed by atoms with Crippen molar-refractivity contribution in [3.63, 3.8) is 0 Å². The molecule has 1 fully saturated rings. The highest BCUT2D eigenvalue weighted by Gasteiger charge is 2.27. The number of carbonyl (C=O) groups excluding carboxylic acids is 1. The van der Waals surface area contributed by atoms with E-state index in [-0.39, 0.29) is 22.9 Å². The molecule has 30 heavy (non-hydrogen) atoms. The van der Waals surface area contributed by atoms with Gasteiger partial charge in [-0.2, -0.15) is 4.37 Å². The molecule has 1 saturated heterocycles. The predicted molar refractivity (Wildman–Crippen MR) is 119 cm³/mol. The molecule has 4 rings (SSSR count). The van der Waals surface area contributed by atoms with Crippen LogP contribution in [-0.4, -0.2) is 50.9 Å². The minimum atomic E-state index is -0.513. The van der Waals surface area contributed by atoms with Gasteiger partial charge in [0.15, 0.2) is 5.52 Å². The van der Waals surface area contributed by atoms with Crippen molar-refractivity contribution in [3.8, 4) is 0 Å². The van der Waals surface area contributed by atoms with Crippen molar-refractivity contribution >= 4 is 45.8 Å². The number of carbonyl (C=O) groups is 1. The lowest BCUT2D eigenvalue weighted by molar-refractivity contribution is 0.0753. The van der Waals surface area contributed by atoms with Crippen LogP contribution in [0.2, 0.25) is 5.02 Å². The molecule has 0 radical (unpaired) electrons. The molecule has 3 heterocycles. The van der Waals surface area contributed by atoms with Crippen molar-refractivity contribution in [2.75, 3.05) is 31.1 Å². The number of benzene rings is 1. The first kappa shape index (κ1) is 20.6. The van der Waals surface area contributed by atoms with E-state index in [2.05, 4.69) is 14.3 Å². The Morgan fingerprint density at radius 3 is 2.63 bits per heavy atom. The number of nitrogens with zero attached hydrogens (tertiary/aromatic N) is 4. The summed E-state index contributed by atoms with van der Waals surface area (Å²) in [5, 5.41) is 0.675. The second-order valence-corrected chi connectivity index (χ2v) is 8.94. The topological polar surface area (TPSA) is 91.3 Å². The van der Waals surface area contributed by atoms with Gasteiger partial charge < -0.3 is 14.8 Å². The Morgan fingerprint density at radius 1 is 1.23 bits per heavy atom. The minimum absolute atomic E-state index is 0.136. The Labute approximate surface area is 181 Å². The first-order chi connectivity index (χ1) is 14.3. The molecule has 1 amide bonds. The molecule has 0 aliphatic carbocycles. The van der Waals surface area contributed by atoms with E-state index in [1.165, 1.54) is 0 Å². The van der Waals surface area contributed by atoms with E-state index >= 15 is 0 Å². The largest absolute Gasteiger partial charge is 0.368 e. The van der Waals surface area contributed by atoms with Gasteiger partial charge in [0.1, 0.15) is 4.88 Å². The van der Waals surface area contributed by atoms with Gasteiger partial charge >= 0.3 is 5.69 Å². The summed E-state index contributed by atoms with van der Waals surface area (Å²) in [5.74, 6) is -0.0818. The number of anilines is 1. The van der Waals surface area contributed by atoms with Crippen molar-refractivity contribution in [2.45, 2.75) is 20.4 Å². The van der Waals surface area contributed by atoms with Crippen LogP contribution in [-0.2, 0) is 6.54 Å². The predicted octanol–water partition coefficient (Wildman–Crippen LogP) is 2.42. The van der Waals surface area contributed by atoms with Crippen LogP contribution in [0.1, 0.15) is 23.5 Å². The molecule has 0 atom stereocenters. The molecular weight excluding hydrogens is 426 g/mol. The molecule has 0 unspecified atom stereocenters. The van der Waals surface area contributed by atoms with Crippen LogP contribution < -0.4 is 16.1 Å². The molecule has 158 valence electrons. The van der Waals surface area contributed by atoms with Gasteiger partial charge in [-0.05, 0) is 35.6 Å². The van der Waals surface area contributed by atoms with Crippen molar-refractivity contribution < 1.29 is 4.79 Å². The number of H-pyrrole nitrogens is 1. The average molecular weight is 448 g/mol. The molecular formula is C20H22ClN5O3S. The maximum Gasteiger partial charge on any atom is 0.328 e. The summed E-state index contributed by atoms with van der Waals surface area (Å²) in [6.45, 7) is 6.54. The summed E-state index contributed by atoms with van der Waals surface area (Å²) in [7, 11) is 0. The Kier molecular flexibility index (Phi) is 5.66. The van der Waals surface area contributed by atoms with E-state index in [0.717, 1.165) is 21.8 Å². The molecule has 0 spiro atoms. The number of amides is 1. The zero-order valence-corrected chi connectivity index (χ0v) is 18.3. The standard InChI is InChI=1S/C20H22ClN5O3S/c1-12(2)11-26-18(27)16-15(22-20(26)29)17(30-23-16)19(28)25-8-6-24(7-9-25)14-5-3-4-13(21)10-14/h3-5,10,12H,6-9,11H2,1-2H3,(H,22,29). The third-order valence-electron chi connectivity index (χ3n) is 5.10. The van der Waals surface area contributed by atoms with Gasteiger partial charge in [0, 0.05) is 43.4 Å². The number of halogens is 1. The van der Waals surface area contributed by atoms with Crippen LogP contribution in [0.5, 0.6) is 0 Å². The summed E-state index contributed by atoms with van der Waals surface area (Å²) in [4.78, 5) is 45.1. The minimum Gasteiger partial charge on any atom is -0.368 e. The molecule has 1 aromatic carbocycles. The Morgan fingerprint density at radius 2 is 1.97 bits per heavy atom. The van der Waals surface area contributed by atoms with E-state index < -0.39 is 11.2 Å². The third kappa shape index (κ3) is 3.87. The molecule has 3 aromatic rings. The van der Waals surface area contributed by atoms with E-state index in [9.17, 15) is 14.4 Å². The van der Waals surface area contributed by atoms with Crippen LogP contribution in [0.25, 0.3) is 11.0 Å². The second-order valence-electron chi connectivity index (χ2n) is 7.73. The van der Waals surface area contributed by atoms with Gasteiger partial charge in [0.2, 0.25) is 0 Å². The highest BCUT2D eigenvalue weighted by molar-refractivity contribution is 7.09. The van der Waals surface area contributed by atoms with Crippen LogP contribution in [0.3, 0.4) is 0 Å². The molecule has 1 N–H and O–H groups in total. The van der Waals surface area contributed by atoms with Crippen molar-refractivity contribution in [1.82, 2.24) is 18.8 Å². The molecule has 8 nitrogen and oxygen atoms in total. The van der Waals surface area contributed by atoms with Gasteiger partial charge in [-0.1, -0.05) is 31.5 Å². The number of piperazine rings is 1. The first-order valence-electron chi connectivity index (χ1n) is 9.77. The summed E-state index contributed by atoms with van der Waals surface area (Å²) in [6, 6.07) is 7.63. The van der Waals surface area contributed by atoms with Crippen LogP contribution >= 0.6 is 23.1 Å². The number of aromatic nitrogens is 3. The summed E-state index contributed by atoms with van der Waals surface area (Å²) in [5.41, 5.74) is 0.427. The van der Waals surface area contributed by atoms with E-state index in [1.807, 2.05) is 38.1 Å².